The number of benzene rings is 2. The van der Waals surface area contributed by atoms with Gasteiger partial charge in [0, 0.05) is 16.1 Å². The highest BCUT2D eigenvalue weighted by Gasteiger charge is 2.13. The zero-order valence-electron chi connectivity index (χ0n) is 12.5. The van der Waals surface area contributed by atoms with Crippen LogP contribution < -0.4 is 5.32 Å². The van der Waals surface area contributed by atoms with E-state index in [1.54, 1.807) is 42.5 Å². The van der Waals surface area contributed by atoms with Crippen LogP contribution in [-0.2, 0) is 4.79 Å². The third-order valence-electron chi connectivity index (χ3n) is 3.13. The van der Waals surface area contributed by atoms with Crippen LogP contribution in [0.1, 0.15) is 5.56 Å². The van der Waals surface area contributed by atoms with Crippen LogP contribution in [0, 0.1) is 0 Å². The fourth-order valence-corrected chi connectivity index (χ4v) is 2.54. The summed E-state index contributed by atoms with van der Waals surface area (Å²) in [6, 6.07) is 12.0. The van der Waals surface area contributed by atoms with Gasteiger partial charge in [-0.15, -0.1) is 5.10 Å². The fraction of sp³-hybridized carbons (Fsp3) is 0. The molecule has 25 heavy (non-hydrogen) atoms. The number of nitrogens with zero attached hydrogens (tertiary/aromatic N) is 2. The van der Waals surface area contributed by atoms with Crippen molar-refractivity contribution in [2.24, 2.45) is 0 Å². The molecule has 8 heteroatoms. The van der Waals surface area contributed by atoms with Gasteiger partial charge in [0.15, 0.2) is 0 Å². The molecule has 5 nitrogen and oxygen atoms in total. The molecule has 0 spiro atoms. The lowest BCUT2D eigenvalue weighted by molar-refractivity contribution is -0.112. The molecule has 1 aromatic heterocycles. The van der Waals surface area contributed by atoms with Gasteiger partial charge in [-0.3, -0.25) is 10.1 Å². The molecule has 1 amide bonds. The number of halogens is 3. The summed E-state index contributed by atoms with van der Waals surface area (Å²) >= 11 is 18.0. The molecule has 126 valence electrons. The summed E-state index contributed by atoms with van der Waals surface area (Å²) in [4.78, 5) is 11.9. The first-order chi connectivity index (χ1) is 12.0. The Hall–Kier alpha value is -2.34. The zero-order chi connectivity index (χ0) is 17.8. The average molecular weight is 395 g/mol. The second kappa shape index (κ2) is 7.70. The molecule has 0 atom stereocenters. The Morgan fingerprint density at radius 3 is 2.64 bits per heavy atom. The lowest BCUT2D eigenvalue weighted by Gasteiger charge is -1.99. The molecular formula is C17H10Cl3N3O2. The molecule has 3 rings (SSSR count). The first kappa shape index (κ1) is 17.5. The van der Waals surface area contributed by atoms with Crippen LogP contribution >= 0.6 is 34.8 Å². The van der Waals surface area contributed by atoms with E-state index in [0.717, 1.165) is 5.56 Å². The Labute approximate surface area is 158 Å². The lowest BCUT2D eigenvalue weighted by Crippen LogP contribution is -2.07. The maximum absolute atomic E-state index is 11.9. The molecule has 0 aliphatic carbocycles. The SMILES string of the molecule is O=C(/C=C/c1ccccc1Cl)Nc1nnc(-c2cc(Cl)ccc2Cl)o1. The van der Waals surface area contributed by atoms with E-state index in [0.29, 0.717) is 20.6 Å². The number of amides is 1. The first-order valence-corrected chi connectivity index (χ1v) is 8.19. The monoisotopic (exact) mass is 393 g/mol. The number of carbonyl (C=O) groups excluding carboxylic acids is 1. The molecular weight excluding hydrogens is 385 g/mol. The number of hydrogen-bond donors (Lipinski definition) is 1. The summed E-state index contributed by atoms with van der Waals surface area (Å²) in [5.41, 5.74) is 1.20. The highest BCUT2D eigenvalue weighted by molar-refractivity contribution is 6.35. The number of anilines is 1. The molecule has 0 saturated heterocycles. The van der Waals surface area contributed by atoms with Gasteiger partial charge in [0.25, 0.3) is 11.8 Å². The van der Waals surface area contributed by atoms with Crippen LogP contribution in [0.15, 0.2) is 53.0 Å². The summed E-state index contributed by atoms with van der Waals surface area (Å²) < 4.78 is 5.39. The predicted molar refractivity (Wildman–Crippen MR) is 98.9 cm³/mol. The van der Waals surface area contributed by atoms with Crippen molar-refractivity contribution in [2.75, 3.05) is 5.32 Å². The maximum atomic E-state index is 11.9. The van der Waals surface area contributed by atoms with Gasteiger partial charge in [0.05, 0.1) is 10.6 Å². The van der Waals surface area contributed by atoms with Crippen LogP contribution in [0.5, 0.6) is 0 Å². The number of nitrogens with one attached hydrogen (secondary N) is 1. The second-order valence-corrected chi connectivity index (χ2v) is 6.13. The quantitative estimate of drug-likeness (QED) is 0.606. The number of carbonyl (C=O) groups is 1. The van der Waals surface area contributed by atoms with Crippen LogP contribution in [0.3, 0.4) is 0 Å². The smallest absolute Gasteiger partial charge is 0.322 e. The van der Waals surface area contributed by atoms with Gasteiger partial charge in [0.2, 0.25) is 0 Å². The zero-order valence-corrected chi connectivity index (χ0v) is 14.8. The summed E-state index contributed by atoms with van der Waals surface area (Å²) in [6.45, 7) is 0. The summed E-state index contributed by atoms with van der Waals surface area (Å²) in [7, 11) is 0. The normalized spacial score (nSPS) is 11.0. The molecule has 0 aliphatic rings. The van der Waals surface area contributed by atoms with Crippen LogP contribution in [0.2, 0.25) is 15.1 Å². The van der Waals surface area contributed by atoms with Gasteiger partial charge in [-0.2, -0.15) is 0 Å². The molecule has 1 heterocycles. The summed E-state index contributed by atoms with van der Waals surface area (Å²) in [5.74, 6) is -0.287. The second-order valence-electron chi connectivity index (χ2n) is 4.88. The first-order valence-electron chi connectivity index (χ1n) is 7.05. The standard InChI is InChI=1S/C17H10Cl3N3O2/c18-11-6-7-14(20)12(9-11)16-22-23-17(25-16)21-15(24)8-5-10-3-1-2-4-13(10)19/h1-9H,(H,21,23,24)/b8-5+. The minimum Gasteiger partial charge on any atom is -0.403 e. The Kier molecular flexibility index (Phi) is 5.38. The van der Waals surface area contributed by atoms with E-state index in [1.807, 2.05) is 6.07 Å². The Balaban J connectivity index is 1.72. The number of rotatable bonds is 4. The fourth-order valence-electron chi connectivity index (χ4n) is 1.97. The van der Waals surface area contributed by atoms with Crippen molar-refractivity contribution in [1.82, 2.24) is 10.2 Å². The molecule has 0 fully saturated rings. The Morgan fingerprint density at radius 2 is 1.84 bits per heavy atom. The number of hydrogen-bond acceptors (Lipinski definition) is 4. The minimum absolute atomic E-state index is 0.0557. The Bertz CT molecular complexity index is 954. The van der Waals surface area contributed by atoms with Crippen molar-refractivity contribution in [3.63, 3.8) is 0 Å². The lowest BCUT2D eigenvalue weighted by atomic mass is 10.2. The number of aromatic nitrogens is 2. The van der Waals surface area contributed by atoms with Gasteiger partial charge >= 0.3 is 6.01 Å². The predicted octanol–water partition coefficient (Wildman–Crippen LogP) is 5.35. The van der Waals surface area contributed by atoms with E-state index in [4.69, 9.17) is 39.2 Å². The van der Waals surface area contributed by atoms with E-state index in [-0.39, 0.29) is 11.9 Å². The molecule has 1 N–H and O–H groups in total. The van der Waals surface area contributed by atoms with Gasteiger partial charge in [-0.25, -0.2) is 0 Å². The van der Waals surface area contributed by atoms with Crippen LogP contribution in [-0.4, -0.2) is 16.1 Å². The van der Waals surface area contributed by atoms with Crippen molar-refractivity contribution in [3.8, 4) is 11.5 Å². The van der Waals surface area contributed by atoms with Crippen molar-refractivity contribution in [1.29, 1.82) is 0 Å². The van der Waals surface area contributed by atoms with E-state index in [1.165, 1.54) is 6.08 Å². The molecule has 0 aliphatic heterocycles. The maximum Gasteiger partial charge on any atom is 0.322 e. The van der Waals surface area contributed by atoms with Crippen molar-refractivity contribution in [2.45, 2.75) is 0 Å². The largest absolute Gasteiger partial charge is 0.403 e. The highest BCUT2D eigenvalue weighted by atomic mass is 35.5. The molecule has 2 aromatic carbocycles. The summed E-state index contributed by atoms with van der Waals surface area (Å²) in [6.07, 6.45) is 2.90. The van der Waals surface area contributed by atoms with Crippen LogP contribution in [0.25, 0.3) is 17.5 Å². The Morgan fingerprint density at radius 1 is 1.04 bits per heavy atom. The minimum atomic E-state index is -0.438. The van der Waals surface area contributed by atoms with E-state index in [9.17, 15) is 4.79 Å². The van der Waals surface area contributed by atoms with Crippen molar-refractivity contribution >= 4 is 52.8 Å². The van der Waals surface area contributed by atoms with Gasteiger partial charge < -0.3 is 4.42 Å². The highest BCUT2D eigenvalue weighted by Crippen LogP contribution is 2.30. The van der Waals surface area contributed by atoms with E-state index < -0.39 is 5.91 Å². The van der Waals surface area contributed by atoms with Crippen molar-refractivity contribution < 1.29 is 9.21 Å². The third-order valence-corrected chi connectivity index (χ3v) is 4.04. The van der Waals surface area contributed by atoms with Crippen LogP contribution in [0.4, 0.5) is 6.01 Å². The van der Waals surface area contributed by atoms with Gasteiger partial charge in [-0.05, 0) is 35.9 Å². The molecule has 3 aromatic rings. The van der Waals surface area contributed by atoms with E-state index in [2.05, 4.69) is 15.5 Å². The molecule has 0 unspecified atom stereocenters. The van der Waals surface area contributed by atoms with E-state index >= 15 is 0 Å². The van der Waals surface area contributed by atoms with Gasteiger partial charge in [-0.1, -0.05) is 58.1 Å². The molecule has 0 saturated carbocycles. The summed E-state index contributed by atoms with van der Waals surface area (Å²) in [5, 5.41) is 11.5. The third kappa shape index (κ3) is 4.39. The average Bonchev–Trinajstić information content (AvgIpc) is 3.04. The van der Waals surface area contributed by atoms with Crippen molar-refractivity contribution in [3.05, 3.63) is 69.2 Å². The molecule has 0 radical (unpaired) electrons. The van der Waals surface area contributed by atoms with Gasteiger partial charge in [0.1, 0.15) is 0 Å². The topological polar surface area (TPSA) is 68.0 Å². The molecule has 0 bridgehead atoms.